The number of benzene rings is 1. The SMILES string of the molecule is Nc1cccc([CH]C(F)(F)F)c1F. The van der Waals surface area contributed by atoms with E-state index in [2.05, 4.69) is 0 Å². The molecule has 1 rings (SSSR count). The molecule has 0 heterocycles. The zero-order valence-electron chi connectivity index (χ0n) is 6.40. The summed E-state index contributed by atoms with van der Waals surface area (Å²) in [6, 6.07) is 3.47. The number of hydrogen-bond acceptors (Lipinski definition) is 1. The number of alkyl halides is 3. The van der Waals surface area contributed by atoms with Crippen LogP contribution >= 0.6 is 0 Å². The van der Waals surface area contributed by atoms with E-state index in [1.165, 1.54) is 12.1 Å². The van der Waals surface area contributed by atoms with Crippen molar-refractivity contribution in [2.45, 2.75) is 6.18 Å². The topological polar surface area (TPSA) is 26.0 Å². The summed E-state index contributed by atoms with van der Waals surface area (Å²) >= 11 is 0. The third-order valence-corrected chi connectivity index (χ3v) is 1.38. The second kappa shape index (κ2) is 3.24. The first-order chi connectivity index (χ1) is 5.90. The molecule has 2 N–H and O–H groups in total. The van der Waals surface area contributed by atoms with Gasteiger partial charge in [0.05, 0.1) is 12.1 Å². The monoisotopic (exact) mass is 192 g/mol. The summed E-state index contributed by atoms with van der Waals surface area (Å²) < 4.78 is 48.2. The van der Waals surface area contributed by atoms with Gasteiger partial charge >= 0.3 is 6.18 Å². The van der Waals surface area contributed by atoms with Crippen LogP contribution in [-0.4, -0.2) is 6.18 Å². The Hall–Kier alpha value is -1.26. The van der Waals surface area contributed by atoms with E-state index in [9.17, 15) is 17.6 Å². The quantitative estimate of drug-likeness (QED) is 0.537. The van der Waals surface area contributed by atoms with Gasteiger partial charge in [-0.15, -0.1) is 0 Å². The first-order valence-corrected chi connectivity index (χ1v) is 3.37. The zero-order valence-corrected chi connectivity index (χ0v) is 6.40. The summed E-state index contributed by atoms with van der Waals surface area (Å²) in [6.45, 7) is 0. The zero-order chi connectivity index (χ0) is 10.1. The summed E-state index contributed by atoms with van der Waals surface area (Å²) in [5.74, 6) is -1.04. The molecule has 0 spiro atoms. The van der Waals surface area contributed by atoms with Crippen LogP contribution in [0.1, 0.15) is 5.56 Å². The molecule has 13 heavy (non-hydrogen) atoms. The van der Waals surface area contributed by atoms with Crippen molar-refractivity contribution in [2.24, 2.45) is 0 Å². The number of hydrogen-bond donors (Lipinski definition) is 1. The highest BCUT2D eigenvalue weighted by Crippen LogP contribution is 2.26. The highest BCUT2D eigenvalue weighted by Gasteiger charge is 2.30. The Morgan fingerprint density at radius 2 is 1.85 bits per heavy atom. The minimum absolute atomic E-state index is 0.126. The molecule has 0 unspecified atom stereocenters. The second-order valence-electron chi connectivity index (χ2n) is 2.44. The molecule has 1 aromatic rings. The van der Waals surface area contributed by atoms with Crippen molar-refractivity contribution in [3.8, 4) is 0 Å². The molecule has 0 aromatic heterocycles. The van der Waals surface area contributed by atoms with E-state index in [1.54, 1.807) is 0 Å². The molecule has 0 amide bonds. The first-order valence-electron chi connectivity index (χ1n) is 3.37. The Labute approximate surface area is 72.2 Å². The average Bonchev–Trinajstić information content (AvgIpc) is 1.96. The van der Waals surface area contributed by atoms with Gasteiger partial charge in [0.15, 0.2) is 0 Å². The van der Waals surface area contributed by atoms with Gasteiger partial charge < -0.3 is 5.73 Å². The lowest BCUT2D eigenvalue weighted by Gasteiger charge is -2.07. The van der Waals surface area contributed by atoms with E-state index in [4.69, 9.17) is 5.73 Å². The molecule has 0 aliphatic heterocycles. The van der Waals surface area contributed by atoms with Crippen LogP contribution in [0.25, 0.3) is 0 Å². The number of rotatable bonds is 1. The fraction of sp³-hybridized carbons (Fsp3) is 0.125. The van der Waals surface area contributed by atoms with Crippen LogP contribution in [-0.2, 0) is 0 Å². The molecule has 0 saturated carbocycles. The Balaban J connectivity index is 2.96. The molecule has 0 bridgehead atoms. The molecule has 71 valence electrons. The summed E-state index contributed by atoms with van der Waals surface area (Å²) in [4.78, 5) is 0. The maximum absolute atomic E-state index is 12.9. The fourth-order valence-corrected chi connectivity index (χ4v) is 0.856. The Morgan fingerprint density at radius 3 is 2.38 bits per heavy atom. The summed E-state index contributed by atoms with van der Waals surface area (Å²) in [5.41, 5.74) is 4.24. The third-order valence-electron chi connectivity index (χ3n) is 1.38. The highest BCUT2D eigenvalue weighted by atomic mass is 19.4. The largest absolute Gasteiger partial charge is 0.396 e. The van der Waals surface area contributed by atoms with Gasteiger partial charge in [0.2, 0.25) is 0 Å². The maximum atomic E-state index is 12.9. The first kappa shape index (κ1) is 9.83. The van der Waals surface area contributed by atoms with E-state index < -0.39 is 17.6 Å². The molecule has 1 nitrogen and oxygen atoms in total. The molecule has 5 heteroatoms. The van der Waals surface area contributed by atoms with Crippen LogP contribution in [0.3, 0.4) is 0 Å². The number of halogens is 4. The van der Waals surface area contributed by atoms with Crippen molar-refractivity contribution in [2.75, 3.05) is 5.73 Å². The lowest BCUT2D eigenvalue weighted by Crippen LogP contribution is -2.10. The molecule has 1 radical (unpaired) electrons. The third kappa shape index (κ3) is 2.61. The minimum atomic E-state index is -4.53. The van der Waals surface area contributed by atoms with E-state index in [1.807, 2.05) is 0 Å². The van der Waals surface area contributed by atoms with Crippen LogP contribution in [0, 0.1) is 12.2 Å². The van der Waals surface area contributed by atoms with Gasteiger partial charge in [0.1, 0.15) is 5.82 Å². The van der Waals surface area contributed by atoms with E-state index in [0.29, 0.717) is 0 Å². The summed E-state index contributed by atoms with van der Waals surface area (Å²) in [5, 5.41) is 0. The molecule has 0 aliphatic rings. The predicted molar refractivity (Wildman–Crippen MR) is 40.3 cm³/mol. The summed E-state index contributed by atoms with van der Waals surface area (Å²) in [7, 11) is 0. The second-order valence-corrected chi connectivity index (χ2v) is 2.44. The van der Waals surface area contributed by atoms with Crippen molar-refractivity contribution in [3.63, 3.8) is 0 Å². The van der Waals surface area contributed by atoms with Crippen molar-refractivity contribution in [3.05, 3.63) is 36.0 Å². The molecular weight excluding hydrogens is 186 g/mol. The predicted octanol–water partition coefficient (Wildman–Crippen LogP) is 2.52. The lowest BCUT2D eigenvalue weighted by molar-refractivity contribution is -0.0930. The standard InChI is InChI=1S/C8H6F4N/c9-7-5(4-8(10,11)12)2-1-3-6(7)13/h1-4H,13H2. The highest BCUT2D eigenvalue weighted by molar-refractivity contribution is 5.45. The Bertz CT molecular complexity index is 306. The van der Waals surface area contributed by atoms with Gasteiger partial charge in [-0.1, -0.05) is 12.1 Å². The Kier molecular flexibility index (Phi) is 2.45. The van der Waals surface area contributed by atoms with Gasteiger partial charge in [0.25, 0.3) is 0 Å². The number of nitrogen functional groups attached to an aromatic ring is 1. The van der Waals surface area contributed by atoms with Crippen LogP contribution < -0.4 is 5.73 Å². The molecule has 0 fully saturated rings. The van der Waals surface area contributed by atoms with Crippen molar-refractivity contribution in [1.29, 1.82) is 0 Å². The molecular formula is C8H6F4N. The smallest absolute Gasteiger partial charge is 0.396 e. The van der Waals surface area contributed by atoms with E-state index >= 15 is 0 Å². The number of anilines is 1. The minimum Gasteiger partial charge on any atom is -0.396 e. The van der Waals surface area contributed by atoms with Gasteiger partial charge in [-0.05, 0) is 6.07 Å². The van der Waals surface area contributed by atoms with Crippen molar-refractivity contribution >= 4 is 5.69 Å². The Morgan fingerprint density at radius 1 is 1.23 bits per heavy atom. The van der Waals surface area contributed by atoms with E-state index in [-0.39, 0.29) is 12.1 Å². The number of nitrogens with two attached hydrogens (primary N) is 1. The molecule has 0 saturated heterocycles. The van der Waals surface area contributed by atoms with Crippen LogP contribution in [0.15, 0.2) is 18.2 Å². The van der Waals surface area contributed by atoms with Crippen molar-refractivity contribution in [1.82, 2.24) is 0 Å². The van der Waals surface area contributed by atoms with Crippen molar-refractivity contribution < 1.29 is 17.6 Å². The van der Waals surface area contributed by atoms with Crippen LogP contribution in [0.4, 0.5) is 23.2 Å². The maximum Gasteiger partial charge on any atom is 0.396 e. The molecule has 0 atom stereocenters. The average molecular weight is 192 g/mol. The van der Waals surface area contributed by atoms with Crippen LogP contribution in [0.2, 0.25) is 0 Å². The summed E-state index contributed by atoms with van der Waals surface area (Å²) in [6.07, 6.45) is -4.66. The molecule has 0 aliphatic carbocycles. The van der Waals surface area contributed by atoms with Crippen LogP contribution in [0.5, 0.6) is 0 Å². The van der Waals surface area contributed by atoms with Gasteiger partial charge in [-0.2, -0.15) is 13.2 Å². The lowest BCUT2D eigenvalue weighted by atomic mass is 10.1. The van der Waals surface area contributed by atoms with Gasteiger partial charge in [0, 0.05) is 5.56 Å². The molecule has 1 aromatic carbocycles. The fourth-order valence-electron chi connectivity index (χ4n) is 0.856. The van der Waals surface area contributed by atoms with E-state index in [0.717, 1.165) is 6.07 Å². The van der Waals surface area contributed by atoms with Gasteiger partial charge in [-0.25, -0.2) is 4.39 Å². The van der Waals surface area contributed by atoms with Gasteiger partial charge in [-0.3, -0.25) is 0 Å². The normalized spacial score (nSPS) is 11.7.